The van der Waals surface area contributed by atoms with Gasteiger partial charge in [-0.3, -0.25) is 20.4 Å². The van der Waals surface area contributed by atoms with Crippen LogP contribution in [0.15, 0.2) is 53.4 Å². The monoisotopic (exact) mass is 409 g/mol. The summed E-state index contributed by atoms with van der Waals surface area (Å²) >= 11 is -0.254. The van der Waals surface area contributed by atoms with Crippen molar-refractivity contribution >= 4 is 29.3 Å². The Labute approximate surface area is 164 Å². The van der Waals surface area contributed by atoms with Crippen LogP contribution in [-0.4, -0.2) is 30.4 Å². The molecule has 2 N–H and O–H groups in total. The Morgan fingerprint density at radius 2 is 1.75 bits per heavy atom. The van der Waals surface area contributed by atoms with E-state index in [0.717, 1.165) is 25.1 Å². The van der Waals surface area contributed by atoms with Crippen molar-refractivity contribution in [2.75, 3.05) is 18.0 Å². The highest BCUT2D eigenvalue weighted by molar-refractivity contribution is 8.00. The number of nitrogens with one attached hydrogen (secondary N) is 2. The maximum absolute atomic E-state index is 12.3. The molecule has 0 saturated heterocycles. The first kappa shape index (κ1) is 20.1. The lowest BCUT2D eigenvalue weighted by molar-refractivity contribution is -0.120. The summed E-state index contributed by atoms with van der Waals surface area (Å²) in [6.45, 7) is 0.842. The van der Waals surface area contributed by atoms with Gasteiger partial charge in [-0.15, -0.1) is 0 Å². The molecule has 148 valence electrons. The molecule has 0 spiro atoms. The van der Waals surface area contributed by atoms with Crippen molar-refractivity contribution in [2.24, 2.45) is 0 Å². The van der Waals surface area contributed by atoms with E-state index in [-0.39, 0.29) is 34.7 Å². The molecule has 1 aliphatic rings. The predicted octanol–water partition coefficient (Wildman–Crippen LogP) is 3.51. The zero-order chi connectivity index (χ0) is 20.1. The van der Waals surface area contributed by atoms with Gasteiger partial charge in [0.15, 0.2) is 0 Å². The van der Waals surface area contributed by atoms with Gasteiger partial charge in [-0.1, -0.05) is 18.2 Å². The number of carbonyl (C=O) groups is 2. The van der Waals surface area contributed by atoms with Crippen LogP contribution in [0.3, 0.4) is 0 Å². The molecule has 9 heteroatoms. The molecule has 5 nitrogen and oxygen atoms in total. The lowest BCUT2D eigenvalue weighted by atomic mass is 10.0. The Kier molecular flexibility index (Phi) is 6.13. The van der Waals surface area contributed by atoms with Crippen LogP contribution in [0.2, 0.25) is 0 Å². The van der Waals surface area contributed by atoms with Gasteiger partial charge in [0.05, 0.1) is 6.54 Å². The minimum atomic E-state index is -4.38. The van der Waals surface area contributed by atoms with E-state index >= 15 is 0 Å². The summed E-state index contributed by atoms with van der Waals surface area (Å²) in [5.41, 5.74) is 2.59. The van der Waals surface area contributed by atoms with E-state index in [1.807, 2.05) is 29.2 Å². The number of nitrogens with zero attached hydrogens (tertiary/aromatic N) is 1. The molecule has 0 saturated carbocycles. The van der Waals surface area contributed by atoms with Crippen LogP contribution in [0.1, 0.15) is 22.3 Å². The van der Waals surface area contributed by atoms with E-state index in [2.05, 4.69) is 10.9 Å². The second-order valence-corrected chi connectivity index (χ2v) is 7.37. The zero-order valence-electron chi connectivity index (χ0n) is 14.8. The molecule has 1 heterocycles. The Morgan fingerprint density at radius 1 is 1.04 bits per heavy atom. The lowest BCUT2D eigenvalue weighted by Crippen LogP contribution is -2.47. The van der Waals surface area contributed by atoms with Crippen LogP contribution < -0.4 is 15.8 Å². The number of hydrogen-bond donors (Lipinski definition) is 2. The third-order valence-electron chi connectivity index (χ3n) is 4.21. The number of para-hydroxylation sites is 1. The van der Waals surface area contributed by atoms with Crippen LogP contribution in [0.4, 0.5) is 18.9 Å². The molecule has 0 aliphatic carbocycles. The number of anilines is 1. The maximum atomic E-state index is 12.3. The first-order valence-electron chi connectivity index (χ1n) is 8.60. The number of halogens is 3. The molecule has 0 aromatic heterocycles. The van der Waals surface area contributed by atoms with E-state index in [1.54, 1.807) is 0 Å². The number of amides is 2. The van der Waals surface area contributed by atoms with Crippen LogP contribution in [0.25, 0.3) is 0 Å². The first-order valence-corrected chi connectivity index (χ1v) is 9.41. The van der Waals surface area contributed by atoms with Crippen LogP contribution in [-0.2, 0) is 11.2 Å². The van der Waals surface area contributed by atoms with Crippen molar-refractivity contribution in [3.8, 4) is 0 Å². The zero-order valence-corrected chi connectivity index (χ0v) is 15.6. The van der Waals surface area contributed by atoms with E-state index < -0.39 is 11.4 Å². The number of aryl methyl sites for hydroxylation is 1. The Balaban J connectivity index is 1.52. The molecular formula is C19H18F3N3O2S. The van der Waals surface area contributed by atoms with E-state index in [9.17, 15) is 22.8 Å². The standard InChI is InChI=1S/C19H18F3N3O2S/c20-19(21,22)28-15-9-7-14(8-10-15)18(27)24-23-17(26)12-25-11-3-5-13-4-1-2-6-16(13)25/h1-2,4,6-10H,3,5,11-12H2,(H,23,26)(H,24,27). The number of carbonyl (C=O) groups excluding carboxylic acids is 2. The fourth-order valence-corrected chi connectivity index (χ4v) is 3.53. The molecule has 1 aliphatic heterocycles. The summed E-state index contributed by atoms with van der Waals surface area (Å²) in [6, 6.07) is 12.8. The molecular weight excluding hydrogens is 391 g/mol. The average molecular weight is 409 g/mol. The minimum Gasteiger partial charge on any atom is -0.362 e. The molecule has 2 aromatic rings. The Hall–Kier alpha value is -2.68. The van der Waals surface area contributed by atoms with Gasteiger partial charge in [-0.25, -0.2) is 0 Å². The van der Waals surface area contributed by atoms with Gasteiger partial charge in [0.1, 0.15) is 0 Å². The SMILES string of the molecule is O=C(CN1CCCc2ccccc21)NNC(=O)c1ccc(SC(F)(F)F)cc1. The van der Waals surface area contributed by atoms with Gasteiger partial charge in [-0.05, 0) is 60.5 Å². The highest BCUT2D eigenvalue weighted by Crippen LogP contribution is 2.36. The van der Waals surface area contributed by atoms with E-state index in [4.69, 9.17) is 0 Å². The predicted molar refractivity (Wildman–Crippen MR) is 101 cm³/mol. The summed E-state index contributed by atoms with van der Waals surface area (Å²) in [5, 5.41) is 0. The molecule has 28 heavy (non-hydrogen) atoms. The van der Waals surface area contributed by atoms with Crippen LogP contribution in [0, 0.1) is 0 Å². The number of rotatable bonds is 4. The quantitative estimate of drug-likeness (QED) is 0.599. The summed E-state index contributed by atoms with van der Waals surface area (Å²) < 4.78 is 37.0. The average Bonchev–Trinajstić information content (AvgIpc) is 2.66. The van der Waals surface area contributed by atoms with Crippen LogP contribution in [0.5, 0.6) is 0 Å². The normalized spacial score (nSPS) is 13.6. The van der Waals surface area contributed by atoms with E-state index in [0.29, 0.717) is 0 Å². The summed E-state index contributed by atoms with van der Waals surface area (Å²) in [4.78, 5) is 26.2. The molecule has 3 rings (SSSR count). The molecule has 2 amide bonds. The van der Waals surface area contributed by atoms with Gasteiger partial charge in [-0.2, -0.15) is 13.2 Å². The summed E-state index contributed by atoms with van der Waals surface area (Å²) in [5.74, 6) is -0.981. The Bertz CT molecular complexity index is 856. The van der Waals surface area contributed by atoms with Gasteiger partial charge in [0, 0.05) is 22.7 Å². The summed E-state index contributed by atoms with van der Waals surface area (Å²) in [6.07, 6.45) is 1.91. The topological polar surface area (TPSA) is 61.4 Å². The molecule has 2 aromatic carbocycles. The molecule has 0 atom stereocenters. The fourth-order valence-electron chi connectivity index (χ4n) is 3.00. The molecule has 0 unspecified atom stereocenters. The van der Waals surface area contributed by atoms with Gasteiger partial charge in [0.2, 0.25) is 0 Å². The van der Waals surface area contributed by atoms with E-state index in [1.165, 1.54) is 29.8 Å². The molecule has 0 bridgehead atoms. The minimum absolute atomic E-state index is 0.0168. The molecule has 0 fully saturated rings. The number of hydrogen-bond acceptors (Lipinski definition) is 4. The highest BCUT2D eigenvalue weighted by atomic mass is 32.2. The second kappa shape index (κ2) is 8.55. The fraction of sp³-hybridized carbons (Fsp3) is 0.263. The third-order valence-corrected chi connectivity index (χ3v) is 4.95. The van der Waals surface area contributed by atoms with Crippen LogP contribution >= 0.6 is 11.8 Å². The van der Waals surface area contributed by atoms with Gasteiger partial charge in [0.25, 0.3) is 11.8 Å². The largest absolute Gasteiger partial charge is 0.446 e. The van der Waals surface area contributed by atoms with Crippen molar-refractivity contribution in [2.45, 2.75) is 23.2 Å². The summed E-state index contributed by atoms with van der Waals surface area (Å²) in [7, 11) is 0. The number of alkyl halides is 3. The van der Waals surface area contributed by atoms with Crippen molar-refractivity contribution in [3.63, 3.8) is 0 Å². The van der Waals surface area contributed by atoms with Crippen molar-refractivity contribution in [1.29, 1.82) is 0 Å². The van der Waals surface area contributed by atoms with Gasteiger partial charge < -0.3 is 4.90 Å². The lowest BCUT2D eigenvalue weighted by Gasteiger charge is -2.30. The Morgan fingerprint density at radius 3 is 2.46 bits per heavy atom. The number of hydrazine groups is 1. The number of fused-ring (bicyclic) bond motifs is 1. The number of benzene rings is 2. The molecule has 0 radical (unpaired) electrons. The maximum Gasteiger partial charge on any atom is 0.446 e. The second-order valence-electron chi connectivity index (χ2n) is 6.23. The van der Waals surface area contributed by atoms with Crippen molar-refractivity contribution < 1.29 is 22.8 Å². The van der Waals surface area contributed by atoms with Gasteiger partial charge >= 0.3 is 5.51 Å². The van der Waals surface area contributed by atoms with Crippen molar-refractivity contribution in [1.82, 2.24) is 10.9 Å². The third kappa shape index (κ3) is 5.41. The van der Waals surface area contributed by atoms with Crippen molar-refractivity contribution in [3.05, 3.63) is 59.7 Å². The number of thioether (sulfide) groups is 1. The smallest absolute Gasteiger partial charge is 0.362 e. The highest BCUT2D eigenvalue weighted by Gasteiger charge is 2.29. The first-order chi connectivity index (χ1) is 13.3.